The van der Waals surface area contributed by atoms with Crippen molar-refractivity contribution in [3.05, 3.63) is 16.5 Å². The highest BCUT2D eigenvalue weighted by molar-refractivity contribution is 9.10. The standard InChI is InChI=1S/C12H18BrN3O/c1-3-11-15-10(13)7-12(16-11)14-8-4-5-9(6-8)17-2/h7-9H,3-6H2,1-2H3,(H,14,15,16). The number of nitrogens with one attached hydrogen (secondary N) is 1. The fraction of sp³-hybridized carbons (Fsp3) is 0.667. The largest absolute Gasteiger partial charge is 0.381 e. The number of rotatable bonds is 4. The third-order valence-electron chi connectivity index (χ3n) is 3.13. The summed E-state index contributed by atoms with van der Waals surface area (Å²) in [6.07, 6.45) is 4.56. The zero-order valence-corrected chi connectivity index (χ0v) is 11.8. The second-order valence-corrected chi connectivity index (χ2v) is 5.17. The molecule has 2 unspecified atom stereocenters. The SMILES string of the molecule is CCc1nc(Br)cc(NC2CCC(OC)C2)n1. The van der Waals surface area contributed by atoms with E-state index in [0.29, 0.717) is 12.1 Å². The van der Waals surface area contributed by atoms with E-state index in [1.165, 1.54) is 0 Å². The molecular weight excluding hydrogens is 282 g/mol. The normalized spacial score (nSPS) is 23.9. The molecule has 94 valence electrons. The number of anilines is 1. The van der Waals surface area contributed by atoms with Crippen LogP contribution in [0.3, 0.4) is 0 Å². The van der Waals surface area contributed by atoms with Gasteiger partial charge >= 0.3 is 0 Å². The molecule has 1 N–H and O–H groups in total. The van der Waals surface area contributed by atoms with Crippen LogP contribution in [0.15, 0.2) is 10.7 Å². The van der Waals surface area contributed by atoms with Crippen molar-refractivity contribution in [1.82, 2.24) is 9.97 Å². The highest BCUT2D eigenvalue weighted by Crippen LogP contribution is 2.25. The van der Waals surface area contributed by atoms with Crippen molar-refractivity contribution in [3.63, 3.8) is 0 Å². The van der Waals surface area contributed by atoms with Gasteiger partial charge in [0.25, 0.3) is 0 Å². The summed E-state index contributed by atoms with van der Waals surface area (Å²) in [5.41, 5.74) is 0. The molecule has 2 rings (SSSR count). The average Bonchev–Trinajstić information content (AvgIpc) is 2.76. The molecule has 2 atom stereocenters. The minimum absolute atomic E-state index is 0.392. The topological polar surface area (TPSA) is 47.0 Å². The van der Waals surface area contributed by atoms with Gasteiger partial charge in [-0.15, -0.1) is 0 Å². The van der Waals surface area contributed by atoms with Gasteiger partial charge in [0.1, 0.15) is 16.2 Å². The van der Waals surface area contributed by atoms with Crippen molar-refractivity contribution >= 4 is 21.7 Å². The Kier molecular flexibility index (Phi) is 4.34. The van der Waals surface area contributed by atoms with Crippen LogP contribution in [0.1, 0.15) is 32.0 Å². The zero-order chi connectivity index (χ0) is 12.3. The average molecular weight is 300 g/mol. The van der Waals surface area contributed by atoms with E-state index >= 15 is 0 Å². The molecular formula is C12H18BrN3O. The van der Waals surface area contributed by atoms with Gasteiger partial charge in [-0.05, 0) is 35.2 Å². The minimum atomic E-state index is 0.392. The van der Waals surface area contributed by atoms with E-state index in [-0.39, 0.29) is 0 Å². The maximum atomic E-state index is 5.37. The van der Waals surface area contributed by atoms with Crippen molar-refractivity contribution in [3.8, 4) is 0 Å². The molecule has 1 fully saturated rings. The molecule has 0 bridgehead atoms. The lowest BCUT2D eigenvalue weighted by Crippen LogP contribution is -2.18. The molecule has 0 saturated heterocycles. The lowest BCUT2D eigenvalue weighted by molar-refractivity contribution is 0.108. The van der Waals surface area contributed by atoms with Crippen LogP contribution in [0.2, 0.25) is 0 Å². The summed E-state index contributed by atoms with van der Waals surface area (Å²) >= 11 is 3.41. The predicted octanol–water partition coefficient (Wildman–Crippen LogP) is 2.78. The molecule has 1 aromatic heterocycles. The molecule has 1 aromatic rings. The fourth-order valence-electron chi connectivity index (χ4n) is 2.19. The van der Waals surface area contributed by atoms with Crippen LogP contribution in [0.4, 0.5) is 5.82 Å². The summed E-state index contributed by atoms with van der Waals surface area (Å²) in [5.74, 6) is 1.77. The number of aromatic nitrogens is 2. The molecule has 1 heterocycles. The van der Waals surface area contributed by atoms with Gasteiger partial charge < -0.3 is 10.1 Å². The summed E-state index contributed by atoms with van der Waals surface area (Å²) < 4.78 is 6.21. The first-order valence-corrected chi connectivity index (χ1v) is 6.83. The number of hydrogen-bond acceptors (Lipinski definition) is 4. The summed E-state index contributed by atoms with van der Waals surface area (Å²) in [5, 5.41) is 3.46. The monoisotopic (exact) mass is 299 g/mol. The van der Waals surface area contributed by atoms with Gasteiger partial charge in [0, 0.05) is 25.6 Å². The van der Waals surface area contributed by atoms with Crippen molar-refractivity contribution < 1.29 is 4.74 Å². The van der Waals surface area contributed by atoms with E-state index < -0.39 is 0 Å². The summed E-state index contributed by atoms with van der Waals surface area (Å²) in [4.78, 5) is 8.77. The Balaban J connectivity index is 2.01. The predicted molar refractivity (Wildman–Crippen MR) is 71.2 cm³/mol. The number of hydrogen-bond donors (Lipinski definition) is 1. The Morgan fingerprint density at radius 2 is 2.29 bits per heavy atom. The maximum absolute atomic E-state index is 5.37. The van der Waals surface area contributed by atoms with Crippen LogP contribution < -0.4 is 5.32 Å². The molecule has 0 amide bonds. The van der Waals surface area contributed by atoms with E-state index in [0.717, 1.165) is 41.9 Å². The van der Waals surface area contributed by atoms with Crippen LogP contribution in [0.5, 0.6) is 0 Å². The fourth-order valence-corrected chi connectivity index (χ4v) is 2.61. The molecule has 0 radical (unpaired) electrons. The summed E-state index contributed by atoms with van der Waals surface area (Å²) in [7, 11) is 1.78. The van der Waals surface area contributed by atoms with E-state index in [9.17, 15) is 0 Å². The molecule has 0 aliphatic heterocycles. The molecule has 4 nitrogen and oxygen atoms in total. The first-order chi connectivity index (χ1) is 8.21. The van der Waals surface area contributed by atoms with Gasteiger partial charge in [-0.3, -0.25) is 0 Å². The third-order valence-corrected chi connectivity index (χ3v) is 3.53. The van der Waals surface area contributed by atoms with Gasteiger partial charge in [0.2, 0.25) is 0 Å². The van der Waals surface area contributed by atoms with Crippen molar-refractivity contribution in [2.24, 2.45) is 0 Å². The highest BCUT2D eigenvalue weighted by atomic mass is 79.9. The Morgan fingerprint density at radius 1 is 1.47 bits per heavy atom. The van der Waals surface area contributed by atoms with E-state index in [4.69, 9.17) is 4.74 Å². The summed E-state index contributed by atoms with van der Waals surface area (Å²) in [6.45, 7) is 2.06. The number of aryl methyl sites for hydroxylation is 1. The third kappa shape index (κ3) is 3.39. The zero-order valence-electron chi connectivity index (χ0n) is 10.2. The van der Waals surface area contributed by atoms with Gasteiger partial charge in [-0.1, -0.05) is 6.92 Å². The minimum Gasteiger partial charge on any atom is -0.381 e. The number of ether oxygens (including phenoxy) is 1. The van der Waals surface area contributed by atoms with Crippen molar-refractivity contribution in [2.45, 2.75) is 44.8 Å². The van der Waals surface area contributed by atoms with E-state index in [1.54, 1.807) is 7.11 Å². The number of halogens is 1. The van der Waals surface area contributed by atoms with Crippen LogP contribution in [-0.2, 0) is 11.2 Å². The Labute approximate surface area is 110 Å². The molecule has 1 aliphatic carbocycles. The Morgan fingerprint density at radius 3 is 2.94 bits per heavy atom. The molecule has 17 heavy (non-hydrogen) atoms. The first-order valence-electron chi connectivity index (χ1n) is 6.04. The van der Waals surface area contributed by atoms with Gasteiger partial charge in [-0.2, -0.15) is 0 Å². The number of methoxy groups -OCH3 is 1. The number of nitrogens with zero attached hydrogens (tertiary/aromatic N) is 2. The first kappa shape index (κ1) is 12.8. The molecule has 0 aromatic carbocycles. The molecule has 1 saturated carbocycles. The van der Waals surface area contributed by atoms with Crippen molar-refractivity contribution in [2.75, 3.05) is 12.4 Å². The summed E-state index contributed by atoms with van der Waals surface area (Å²) in [6, 6.07) is 2.39. The van der Waals surface area contributed by atoms with Crippen LogP contribution in [-0.4, -0.2) is 29.2 Å². The Bertz CT molecular complexity index is 386. The van der Waals surface area contributed by atoms with Crippen molar-refractivity contribution in [1.29, 1.82) is 0 Å². The van der Waals surface area contributed by atoms with Crippen LogP contribution in [0, 0.1) is 0 Å². The smallest absolute Gasteiger partial charge is 0.131 e. The maximum Gasteiger partial charge on any atom is 0.131 e. The van der Waals surface area contributed by atoms with E-state index in [1.807, 2.05) is 6.07 Å². The van der Waals surface area contributed by atoms with Crippen LogP contribution in [0.25, 0.3) is 0 Å². The Hall–Kier alpha value is -0.680. The van der Waals surface area contributed by atoms with Gasteiger partial charge in [0.15, 0.2) is 0 Å². The molecule has 5 heteroatoms. The molecule has 1 aliphatic rings. The highest BCUT2D eigenvalue weighted by Gasteiger charge is 2.24. The van der Waals surface area contributed by atoms with Gasteiger partial charge in [-0.25, -0.2) is 9.97 Å². The second-order valence-electron chi connectivity index (χ2n) is 4.36. The lowest BCUT2D eigenvalue weighted by atomic mass is 10.2. The van der Waals surface area contributed by atoms with Gasteiger partial charge in [0.05, 0.1) is 6.10 Å². The van der Waals surface area contributed by atoms with E-state index in [2.05, 4.69) is 38.1 Å². The lowest BCUT2D eigenvalue weighted by Gasteiger charge is -2.14. The quantitative estimate of drug-likeness (QED) is 0.869. The molecule has 0 spiro atoms. The second kappa shape index (κ2) is 5.78. The van der Waals surface area contributed by atoms with Crippen LogP contribution >= 0.6 is 15.9 Å².